The molecule has 0 fully saturated rings. The van der Waals surface area contributed by atoms with Crippen LogP contribution in [0, 0.1) is 11.8 Å². The lowest BCUT2D eigenvalue weighted by atomic mass is 9.90. The van der Waals surface area contributed by atoms with Crippen LogP contribution in [0.15, 0.2) is 12.1 Å². The van der Waals surface area contributed by atoms with Crippen molar-refractivity contribution in [1.29, 1.82) is 0 Å². The second-order valence-electron chi connectivity index (χ2n) is 4.79. The van der Waals surface area contributed by atoms with Crippen molar-refractivity contribution in [3.05, 3.63) is 17.7 Å². The van der Waals surface area contributed by atoms with Gasteiger partial charge in [-0.25, -0.2) is 0 Å². The lowest BCUT2D eigenvalue weighted by Gasteiger charge is -2.17. The molecule has 1 aromatic rings. The van der Waals surface area contributed by atoms with Crippen molar-refractivity contribution in [2.45, 2.75) is 19.8 Å². The summed E-state index contributed by atoms with van der Waals surface area (Å²) >= 11 is 0. The second kappa shape index (κ2) is 6.29. The van der Waals surface area contributed by atoms with Gasteiger partial charge in [0, 0.05) is 18.2 Å². The van der Waals surface area contributed by atoms with E-state index in [1.54, 1.807) is 0 Å². The minimum atomic E-state index is -0.947. The highest BCUT2D eigenvalue weighted by atomic mass is 16.4. The first-order chi connectivity index (χ1) is 8.85. The SMILES string of the molecule is CC(Cc1cc(O)cc(O)c1O)CC(CN)C(=O)O. The van der Waals surface area contributed by atoms with Gasteiger partial charge in [0.1, 0.15) is 5.75 Å². The van der Waals surface area contributed by atoms with Crippen LogP contribution in [0.5, 0.6) is 17.2 Å². The number of rotatable bonds is 6. The van der Waals surface area contributed by atoms with Gasteiger partial charge in [-0.2, -0.15) is 0 Å². The summed E-state index contributed by atoms with van der Waals surface area (Å²) < 4.78 is 0. The number of hydrogen-bond donors (Lipinski definition) is 5. The first kappa shape index (κ1) is 15.1. The Bertz CT molecular complexity index is 461. The van der Waals surface area contributed by atoms with Crippen LogP contribution in [-0.2, 0) is 11.2 Å². The van der Waals surface area contributed by atoms with Crippen LogP contribution >= 0.6 is 0 Å². The molecule has 2 unspecified atom stereocenters. The fourth-order valence-corrected chi connectivity index (χ4v) is 2.06. The van der Waals surface area contributed by atoms with Crippen molar-refractivity contribution in [2.75, 3.05) is 6.54 Å². The molecule has 6 N–H and O–H groups in total. The molecular formula is C13H19NO5. The van der Waals surface area contributed by atoms with Crippen molar-refractivity contribution >= 4 is 5.97 Å². The topological polar surface area (TPSA) is 124 Å². The molecule has 0 saturated heterocycles. The van der Waals surface area contributed by atoms with Gasteiger partial charge in [0.2, 0.25) is 0 Å². The van der Waals surface area contributed by atoms with Crippen LogP contribution < -0.4 is 5.73 Å². The molecule has 0 aliphatic carbocycles. The molecule has 0 radical (unpaired) electrons. The Morgan fingerprint density at radius 1 is 1.32 bits per heavy atom. The number of hydrogen-bond acceptors (Lipinski definition) is 5. The molecule has 0 spiro atoms. The minimum absolute atomic E-state index is 0.0525. The maximum absolute atomic E-state index is 10.9. The number of phenols is 3. The number of carboxylic acids is 1. The van der Waals surface area contributed by atoms with Crippen LogP contribution in [0.25, 0.3) is 0 Å². The number of aromatic hydroxyl groups is 3. The molecule has 0 aliphatic rings. The minimum Gasteiger partial charge on any atom is -0.508 e. The second-order valence-corrected chi connectivity index (χ2v) is 4.79. The predicted octanol–water partition coefficient (Wildman–Crippen LogP) is 1.03. The van der Waals surface area contributed by atoms with Gasteiger partial charge in [0.25, 0.3) is 0 Å². The molecule has 0 heterocycles. The molecule has 19 heavy (non-hydrogen) atoms. The molecule has 0 aromatic heterocycles. The van der Waals surface area contributed by atoms with E-state index in [0.29, 0.717) is 18.4 Å². The maximum Gasteiger partial charge on any atom is 0.307 e. The summed E-state index contributed by atoms with van der Waals surface area (Å²) in [5.41, 5.74) is 5.76. The molecule has 0 aliphatic heterocycles. The number of benzene rings is 1. The predicted molar refractivity (Wildman–Crippen MR) is 69.1 cm³/mol. The summed E-state index contributed by atoms with van der Waals surface area (Å²) in [7, 11) is 0. The van der Waals surface area contributed by atoms with Gasteiger partial charge in [-0.1, -0.05) is 6.92 Å². The third-order valence-corrected chi connectivity index (χ3v) is 3.04. The van der Waals surface area contributed by atoms with Crippen molar-refractivity contribution < 1.29 is 25.2 Å². The Morgan fingerprint density at radius 2 is 1.95 bits per heavy atom. The normalized spacial score (nSPS) is 14.0. The van der Waals surface area contributed by atoms with Crippen LogP contribution in [0.4, 0.5) is 0 Å². The average molecular weight is 269 g/mol. The Labute approximate surface area is 111 Å². The zero-order chi connectivity index (χ0) is 14.6. The van der Waals surface area contributed by atoms with Crippen molar-refractivity contribution in [2.24, 2.45) is 17.6 Å². The molecule has 1 aromatic carbocycles. The number of carbonyl (C=O) groups is 1. The van der Waals surface area contributed by atoms with Gasteiger partial charge in [0.05, 0.1) is 5.92 Å². The number of carboxylic acid groups (broad SMARTS) is 1. The van der Waals surface area contributed by atoms with Crippen LogP contribution in [0.3, 0.4) is 0 Å². The van der Waals surface area contributed by atoms with E-state index in [2.05, 4.69) is 0 Å². The van der Waals surface area contributed by atoms with Gasteiger partial charge < -0.3 is 26.2 Å². The van der Waals surface area contributed by atoms with E-state index in [4.69, 9.17) is 10.8 Å². The summed E-state index contributed by atoms with van der Waals surface area (Å²) in [4.78, 5) is 10.9. The number of phenolic OH excluding ortho intramolecular Hbond substituents is 3. The van der Waals surface area contributed by atoms with Gasteiger partial charge >= 0.3 is 5.97 Å². The quantitative estimate of drug-likeness (QED) is 0.388. The van der Waals surface area contributed by atoms with Crippen LogP contribution in [0.1, 0.15) is 18.9 Å². The van der Waals surface area contributed by atoms with Gasteiger partial charge in [-0.15, -0.1) is 0 Å². The van der Waals surface area contributed by atoms with E-state index in [0.717, 1.165) is 6.07 Å². The van der Waals surface area contributed by atoms with Crippen LogP contribution in [0.2, 0.25) is 0 Å². The molecule has 0 saturated carbocycles. The van der Waals surface area contributed by atoms with E-state index < -0.39 is 17.6 Å². The molecule has 1 rings (SSSR count). The van der Waals surface area contributed by atoms with E-state index in [-0.39, 0.29) is 24.0 Å². The summed E-state index contributed by atoms with van der Waals surface area (Å²) in [5.74, 6) is -2.47. The van der Waals surface area contributed by atoms with Crippen molar-refractivity contribution in [3.8, 4) is 17.2 Å². The highest BCUT2D eigenvalue weighted by molar-refractivity contribution is 5.70. The van der Waals surface area contributed by atoms with Crippen molar-refractivity contribution in [1.82, 2.24) is 0 Å². The fraction of sp³-hybridized carbons (Fsp3) is 0.462. The molecule has 106 valence electrons. The Hall–Kier alpha value is -1.95. The van der Waals surface area contributed by atoms with Crippen molar-refractivity contribution in [3.63, 3.8) is 0 Å². The first-order valence-corrected chi connectivity index (χ1v) is 6.01. The lowest BCUT2D eigenvalue weighted by molar-refractivity contribution is -0.141. The molecule has 0 bridgehead atoms. The Morgan fingerprint density at radius 3 is 2.47 bits per heavy atom. The Kier molecular flexibility index (Phi) is 5.00. The largest absolute Gasteiger partial charge is 0.508 e. The van der Waals surface area contributed by atoms with Gasteiger partial charge in [-0.05, 0) is 24.8 Å². The zero-order valence-corrected chi connectivity index (χ0v) is 10.7. The summed E-state index contributed by atoms with van der Waals surface area (Å²) in [5, 5.41) is 37.3. The van der Waals surface area contributed by atoms with E-state index in [1.165, 1.54) is 6.07 Å². The van der Waals surface area contributed by atoms with E-state index in [9.17, 15) is 20.1 Å². The smallest absolute Gasteiger partial charge is 0.307 e. The molecule has 2 atom stereocenters. The summed E-state index contributed by atoms with van der Waals surface area (Å²) in [6.07, 6.45) is 0.708. The van der Waals surface area contributed by atoms with E-state index >= 15 is 0 Å². The highest BCUT2D eigenvalue weighted by Gasteiger charge is 2.20. The molecule has 0 amide bonds. The van der Waals surface area contributed by atoms with Gasteiger partial charge in [0.15, 0.2) is 11.5 Å². The average Bonchev–Trinajstić information content (AvgIpc) is 2.32. The van der Waals surface area contributed by atoms with Gasteiger partial charge in [-0.3, -0.25) is 4.79 Å². The molecule has 6 nitrogen and oxygen atoms in total. The highest BCUT2D eigenvalue weighted by Crippen LogP contribution is 2.35. The summed E-state index contributed by atoms with van der Waals surface area (Å²) in [6, 6.07) is 2.40. The zero-order valence-electron chi connectivity index (χ0n) is 10.7. The van der Waals surface area contributed by atoms with Crippen LogP contribution in [-0.4, -0.2) is 32.9 Å². The molecular weight excluding hydrogens is 250 g/mol. The Balaban J connectivity index is 2.77. The maximum atomic E-state index is 10.9. The van der Waals surface area contributed by atoms with E-state index in [1.807, 2.05) is 6.92 Å². The first-order valence-electron chi connectivity index (χ1n) is 6.01. The lowest BCUT2D eigenvalue weighted by Crippen LogP contribution is -2.25. The number of nitrogens with two attached hydrogens (primary N) is 1. The fourth-order valence-electron chi connectivity index (χ4n) is 2.06. The monoisotopic (exact) mass is 269 g/mol. The standard InChI is InChI=1S/C13H19NO5/c1-7(3-9(6-14)13(18)19)2-8-4-10(15)5-11(16)12(8)17/h4-5,7,9,15-17H,2-3,6,14H2,1H3,(H,18,19). The summed E-state index contributed by atoms with van der Waals surface area (Å²) in [6.45, 7) is 1.88. The number of aliphatic carboxylic acids is 1. The third-order valence-electron chi connectivity index (χ3n) is 3.04. The third kappa shape index (κ3) is 4.03. The molecule has 6 heteroatoms.